The monoisotopic (exact) mass is 1190 g/mol. The molecule has 0 saturated heterocycles. The van der Waals surface area contributed by atoms with Crippen molar-refractivity contribution >= 4 is 64.5 Å². The molecule has 0 amide bonds. The second-order valence-electron chi connectivity index (χ2n) is 25.4. The lowest BCUT2D eigenvalue weighted by atomic mass is 9.90. The molecule has 470 valence electrons. The van der Waals surface area contributed by atoms with Crippen LogP contribution in [0.2, 0.25) is 0 Å². The largest absolute Gasteiger partial charge is 0.480 e. The minimum atomic E-state index is -0.977. The lowest BCUT2D eigenvalue weighted by Gasteiger charge is -2.18. The van der Waals surface area contributed by atoms with E-state index in [2.05, 4.69) is 61.9 Å². The van der Waals surface area contributed by atoms with Gasteiger partial charge in [-0.3, -0.25) is 9.78 Å². The van der Waals surface area contributed by atoms with Crippen LogP contribution in [-0.2, 0) is 41.8 Å². The quantitative estimate of drug-likeness (QED) is 0.0255. The first-order chi connectivity index (χ1) is 43.2. The van der Waals surface area contributed by atoms with Crippen molar-refractivity contribution < 1.29 is 29.4 Å². The summed E-state index contributed by atoms with van der Waals surface area (Å²) in [7, 11) is 0. The molecule has 9 rings (SSSR count). The number of nitrogens with one attached hydrogen (secondary N) is 2. The topological polar surface area (TPSA) is 186 Å². The molecule has 4 aromatic rings. The van der Waals surface area contributed by atoms with Crippen LogP contribution < -0.4 is 25.2 Å². The van der Waals surface area contributed by atoms with Crippen LogP contribution in [0.4, 0.5) is 11.5 Å². The normalized spacial score (nSPS) is 14.3. The maximum atomic E-state index is 12.8. The predicted molar refractivity (Wildman–Crippen MR) is 360 cm³/mol. The van der Waals surface area contributed by atoms with E-state index in [4.69, 9.17) is 30.0 Å². The van der Waals surface area contributed by atoms with Gasteiger partial charge in [-0.1, -0.05) is 237 Å². The number of benzene rings is 2. The van der Waals surface area contributed by atoms with Gasteiger partial charge in [0.05, 0.1) is 21.9 Å². The smallest absolute Gasteiger partial charge is 0.370 e. The Labute approximate surface area is 524 Å². The molecule has 5 aliphatic heterocycles. The van der Waals surface area contributed by atoms with E-state index < -0.39 is 11.9 Å². The third-order valence-electron chi connectivity index (χ3n) is 18.3. The summed E-state index contributed by atoms with van der Waals surface area (Å²) in [6.45, 7) is 8.49. The number of carboxylic acid groups (broad SMARTS) is 2. The average molecular weight is 1200 g/mol. The van der Waals surface area contributed by atoms with Gasteiger partial charge in [-0.15, -0.1) is 0 Å². The van der Waals surface area contributed by atoms with Crippen LogP contribution in [0.1, 0.15) is 289 Å². The van der Waals surface area contributed by atoms with Crippen molar-refractivity contribution in [2.45, 2.75) is 265 Å². The van der Waals surface area contributed by atoms with E-state index >= 15 is 0 Å². The molecule has 14 heteroatoms. The molecule has 2 aromatic heterocycles. The third-order valence-corrected chi connectivity index (χ3v) is 18.3. The van der Waals surface area contributed by atoms with Crippen LogP contribution >= 0.6 is 0 Å². The Kier molecular flexibility index (Phi) is 25.4. The molecule has 8 bridgehead atoms. The average Bonchev–Trinajstić information content (AvgIpc) is 1.66. The fraction of sp³-hybridized carbons (Fsp3) is 0.568. The van der Waals surface area contributed by atoms with E-state index in [9.17, 15) is 19.8 Å². The Morgan fingerprint density at radius 3 is 1.36 bits per heavy atom. The van der Waals surface area contributed by atoms with Crippen molar-refractivity contribution in [2.75, 3.05) is 11.4 Å². The summed E-state index contributed by atoms with van der Waals surface area (Å²) in [4.78, 5) is 67.8. The maximum absolute atomic E-state index is 12.8. The Bertz CT molecular complexity index is 3410. The molecule has 2 aromatic carbocycles. The van der Waals surface area contributed by atoms with Gasteiger partial charge in [0.2, 0.25) is 29.5 Å². The van der Waals surface area contributed by atoms with Gasteiger partial charge < -0.3 is 15.1 Å². The molecule has 5 aliphatic rings. The Morgan fingerprint density at radius 1 is 0.477 bits per heavy atom. The summed E-state index contributed by atoms with van der Waals surface area (Å²) >= 11 is 0. The number of allylic oxidation sites excluding steroid dienone is 1. The standard InChI is InChI=1S/C74H100N10O4/c1-5-9-13-17-21-25-29-33-39-53-45-47-55(41-35-31-27-23-19-15-11-7-3)63-61(53)69-75-67-57-43-37-49-83(51-59(85)86)65(57)74(77-67)82-72-64-56(42-36-32-28-24-20-16-12-8-4)48-46-54(40-34-30-26-22-18-14-10-6-2)62(64)70(80-72)76-68-58-44-38-50-84(52-60(87)88)66(58)73(78-68)81-71(63)79-69/h37-38,43-50H,5-36,39-42,51-52H2,1-4H3,(H2-,75,76,77,78,79,80,81,82,85,86,87,88)/p+2. The van der Waals surface area contributed by atoms with Gasteiger partial charge in [0, 0.05) is 23.4 Å². The van der Waals surface area contributed by atoms with Crippen LogP contribution in [0.15, 0.2) is 84.8 Å². The summed E-state index contributed by atoms with van der Waals surface area (Å²) < 4.78 is 1.72. The molecule has 0 aliphatic carbocycles. The SMILES string of the molecule is CCCCCCCCCCc1ccc(CCCCCCCCCC)c2c1C1=NC2=Nc2[nH]c(c3c2N(CC(=O)O)C=CC=3)=[NH+]C2=NC(=NC3=NC(=N1)c1ccc[n+](CC(=O)O)c13)c1c(CCCCCCCCCC)ccc(CCCCCCCCCC)c12. The van der Waals surface area contributed by atoms with Gasteiger partial charge in [0.1, 0.15) is 12.2 Å². The fourth-order valence-corrected chi connectivity index (χ4v) is 13.6. The molecule has 0 fully saturated rings. The third kappa shape index (κ3) is 17.3. The molecular weight excluding hydrogens is 1090 g/mol. The van der Waals surface area contributed by atoms with E-state index in [0.29, 0.717) is 63.3 Å². The Balaban J connectivity index is 1.23. The fourth-order valence-electron chi connectivity index (χ4n) is 13.6. The highest BCUT2D eigenvalue weighted by Crippen LogP contribution is 2.36. The first-order valence-corrected chi connectivity index (χ1v) is 34.8. The van der Waals surface area contributed by atoms with Crippen molar-refractivity contribution in [1.82, 2.24) is 4.98 Å². The summed E-state index contributed by atoms with van der Waals surface area (Å²) in [5.41, 5.74) is 11.0. The van der Waals surface area contributed by atoms with Crippen molar-refractivity contribution in [3.63, 3.8) is 0 Å². The second-order valence-corrected chi connectivity index (χ2v) is 25.4. The van der Waals surface area contributed by atoms with Gasteiger partial charge >= 0.3 is 11.9 Å². The first-order valence-electron chi connectivity index (χ1n) is 34.8. The van der Waals surface area contributed by atoms with Crippen LogP contribution in [0.5, 0.6) is 0 Å². The van der Waals surface area contributed by atoms with Crippen LogP contribution in [-0.4, -0.2) is 68.7 Å². The van der Waals surface area contributed by atoms with Crippen molar-refractivity contribution in [2.24, 2.45) is 30.0 Å². The van der Waals surface area contributed by atoms with Crippen molar-refractivity contribution in [3.05, 3.63) is 121 Å². The van der Waals surface area contributed by atoms with Gasteiger partial charge in [-0.2, -0.15) is 14.6 Å². The molecule has 0 radical (unpaired) electrons. The zero-order valence-corrected chi connectivity index (χ0v) is 53.9. The van der Waals surface area contributed by atoms with Crippen molar-refractivity contribution in [1.29, 1.82) is 0 Å². The van der Waals surface area contributed by atoms with Crippen LogP contribution in [0, 0.1) is 0 Å². The van der Waals surface area contributed by atoms with E-state index in [-0.39, 0.29) is 13.1 Å². The number of pyridine rings is 1. The summed E-state index contributed by atoms with van der Waals surface area (Å²) in [5.74, 6) is 1.43. The van der Waals surface area contributed by atoms with E-state index in [1.54, 1.807) is 15.7 Å². The number of aliphatic imine (C=N–C) groups is 6. The molecule has 14 nitrogen and oxygen atoms in total. The maximum Gasteiger partial charge on any atom is 0.370 e. The lowest BCUT2D eigenvalue weighted by Crippen LogP contribution is -2.83. The minimum Gasteiger partial charge on any atom is -0.480 e. The van der Waals surface area contributed by atoms with Gasteiger partial charge in [-0.05, 0) is 91.8 Å². The molecule has 0 atom stereocenters. The molecule has 88 heavy (non-hydrogen) atoms. The number of hydrogen-bond donors (Lipinski definition) is 4. The number of nitrogens with zero attached hydrogens (tertiary/aromatic N) is 8. The number of amidine groups is 6. The van der Waals surface area contributed by atoms with E-state index in [1.807, 2.05) is 30.5 Å². The van der Waals surface area contributed by atoms with Gasteiger partial charge in [0.15, 0.2) is 23.7 Å². The summed E-state index contributed by atoms with van der Waals surface area (Å²) in [6, 6.07) is 13.0. The number of carboxylic acids is 2. The number of anilines is 1. The molecule has 0 unspecified atom stereocenters. The molecule has 4 N–H and O–H groups in total. The molecule has 0 saturated carbocycles. The van der Waals surface area contributed by atoms with Crippen molar-refractivity contribution in [3.8, 4) is 0 Å². The second kappa shape index (κ2) is 34.1. The van der Waals surface area contributed by atoms with E-state index in [0.717, 1.165) is 121 Å². The zero-order valence-electron chi connectivity index (χ0n) is 53.9. The highest BCUT2D eigenvalue weighted by molar-refractivity contribution is 6.31. The summed E-state index contributed by atoms with van der Waals surface area (Å²) in [6.07, 6.45) is 49.5. The van der Waals surface area contributed by atoms with E-state index in [1.165, 1.54) is 160 Å². The van der Waals surface area contributed by atoms with Gasteiger partial charge in [0.25, 0.3) is 11.5 Å². The molecule has 7 heterocycles. The number of carbonyl (C=O) groups is 2. The van der Waals surface area contributed by atoms with Crippen LogP contribution in [0.3, 0.4) is 0 Å². The minimum absolute atomic E-state index is 0.273. The lowest BCUT2D eigenvalue weighted by molar-refractivity contribution is -0.687. The number of rotatable bonds is 40. The molecule has 0 spiro atoms. The number of aliphatic carboxylic acids is 2. The molecular formula is C74H102N10O4+2. The summed E-state index contributed by atoms with van der Waals surface area (Å²) in [5, 5.41) is 21.7. The number of aromatic nitrogens is 2. The highest BCUT2D eigenvalue weighted by atomic mass is 16.4. The zero-order chi connectivity index (χ0) is 61.5. The first kappa shape index (κ1) is 65.5. The number of fused-ring (bicyclic) bond motifs is 17. The Hall–Kier alpha value is -6.96. The number of aryl methyl sites for hydroxylation is 4. The number of hydrogen-bond acceptors (Lipinski definition) is 9. The number of H-pyrrole nitrogens is 1. The van der Waals surface area contributed by atoms with Crippen LogP contribution in [0.25, 0.3) is 6.08 Å². The highest BCUT2D eigenvalue weighted by Gasteiger charge is 2.39. The Morgan fingerprint density at radius 2 is 0.886 bits per heavy atom. The number of aromatic amines is 1. The van der Waals surface area contributed by atoms with Gasteiger partial charge in [-0.25, -0.2) is 24.8 Å². The predicted octanol–water partition coefficient (Wildman–Crippen LogP) is 14.3. The number of unbranched alkanes of at least 4 members (excludes halogenated alkanes) is 28.